The molecule has 0 aliphatic heterocycles. The topological polar surface area (TPSA) is 112 Å². The van der Waals surface area contributed by atoms with Crippen molar-refractivity contribution in [2.45, 2.75) is 18.9 Å². The number of halogens is 1. The van der Waals surface area contributed by atoms with E-state index in [2.05, 4.69) is 10.6 Å². The molecule has 0 radical (unpaired) electrons. The minimum Gasteiger partial charge on any atom is -0.495 e. The maximum absolute atomic E-state index is 12.3. The van der Waals surface area contributed by atoms with Crippen molar-refractivity contribution in [3.05, 3.63) is 47.0 Å². The number of amides is 2. The summed E-state index contributed by atoms with van der Waals surface area (Å²) in [6.07, 6.45) is 1.89. The highest BCUT2D eigenvalue weighted by Crippen LogP contribution is 2.30. The third kappa shape index (κ3) is 6.52. The van der Waals surface area contributed by atoms with Gasteiger partial charge in [-0.15, -0.1) is 0 Å². The second-order valence-electron chi connectivity index (χ2n) is 6.97. The first-order valence-corrected chi connectivity index (χ1v) is 10.2. The number of hydrogen-bond donors (Lipinski definition) is 2. The van der Waals surface area contributed by atoms with Crippen molar-refractivity contribution in [3.63, 3.8) is 0 Å². The van der Waals surface area contributed by atoms with Gasteiger partial charge in [-0.2, -0.15) is 0 Å². The van der Waals surface area contributed by atoms with Crippen LogP contribution in [-0.2, 0) is 14.3 Å². The second kappa shape index (κ2) is 10.7. The molecule has 170 valence electrons. The average molecular weight is 463 g/mol. The van der Waals surface area contributed by atoms with Gasteiger partial charge in [0, 0.05) is 11.1 Å². The minimum atomic E-state index is -0.674. The lowest BCUT2D eigenvalue weighted by Gasteiger charge is -2.13. The fourth-order valence-electron chi connectivity index (χ4n) is 2.73. The number of ether oxygens (including phenoxy) is 4. The molecule has 0 aromatic heterocycles. The van der Waals surface area contributed by atoms with Crippen LogP contribution in [0, 0.1) is 0 Å². The van der Waals surface area contributed by atoms with E-state index in [0.29, 0.717) is 16.5 Å². The molecule has 1 aliphatic rings. The van der Waals surface area contributed by atoms with Crippen LogP contribution in [0.2, 0.25) is 5.02 Å². The van der Waals surface area contributed by atoms with Gasteiger partial charge in [0.1, 0.15) is 5.75 Å². The number of anilines is 1. The first-order valence-electron chi connectivity index (χ1n) is 9.80. The van der Waals surface area contributed by atoms with Crippen molar-refractivity contribution >= 4 is 35.1 Å². The molecule has 2 aromatic carbocycles. The van der Waals surface area contributed by atoms with Gasteiger partial charge in [-0.25, -0.2) is 4.79 Å². The quantitative estimate of drug-likeness (QED) is 0.522. The van der Waals surface area contributed by atoms with Crippen molar-refractivity contribution < 1.29 is 33.3 Å². The molecule has 0 saturated heterocycles. The van der Waals surface area contributed by atoms with Crippen LogP contribution in [-0.4, -0.2) is 51.3 Å². The molecule has 0 spiro atoms. The Morgan fingerprint density at radius 1 is 0.938 bits per heavy atom. The summed E-state index contributed by atoms with van der Waals surface area (Å²) < 4.78 is 21.0. The molecule has 2 aromatic rings. The molecule has 0 heterocycles. The molecule has 2 amide bonds. The third-order valence-corrected chi connectivity index (χ3v) is 4.71. The number of carbonyl (C=O) groups is 3. The second-order valence-corrected chi connectivity index (χ2v) is 7.40. The zero-order valence-corrected chi connectivity index (χ0v) is 18.4. The molecule has 0 unspecified atom stereocenters. The summed E-state index contributed by atoms with van der Waals surface area (Å²) >= 11 is 5.96. The Morgan fingerprint density at radius 3 is 2.34 bits per heavy atom. The van der Waals surface area contributed by atoms with Gasteiger partial charge < -0.3 is 29.6 Å². The molecule has 9 nitrogen and oxygen atoms in total. The van der Waals surface area contributed by atoms with Crippen molar-refractivity contribution in [1.82, 2.24) is 5.32 Å². The van der Waals surface area contributed by atoms with Crippen molar-refractivity contribution in [2.75, 3.05) is 32.8 Å². The van der Waals surface area contributed by atoms with Gasteiger partial charge in [0.15, 0.2) is 24.7 Å². The molecule has 1 aliphatic carbocycles. The highest BCUT2D eigenvalue weighted by atomic mass is 35.5. The van der Waals surface area contributed by atoms with E-state index in [9.17, 15) is 14.4 Å². The average Bonchev–Trinajstić information content (AvgIpc) is 3.60. The predicted octanol–water partition coefficient (Wildman–Crippen LogP) is 2.81. The Morgan fingerprint density at radius 2 is 1.66 bits per heavy atom. The first-order chi connectivity index (χ1) is 15.4. The molecule has 0 bridgehead atoms. The minimum absolute atomic E-state index is 0.182. The van der Waals surface area contributed by atoms with Crippen molar-refractivity contribution in [1.29, 1.82) is 0 Å². The zero-order chi connectivity index (χ0) is 23.1. The van der Waals surface area contributed by atoms with Crippen LogP contribution in [0.4, 0.5) is 5.69 Å². The summed E-state index contributed by atoms with van der Waals surface area (Å²) in [7, 11) is 2.88. The number of carbonyl (C=O) groups excluding carboxylic acids is 3. The van der Waals surface area contributed by atoms with E-state index in [4.69, 9.17) is 30.5 Å². The fourth-order valence-corrected chi connectivity index (χ4v) is 2.90. The summed E-state index contributed by atoms with van der Waals surface area (Å²) in [6.45, 7) is -0.680. The van der Waals surface area contributed by atoms with Gasteiger partial charge in [-0.3, -0.25) is 9.59 Å². The normalized spacial score (nSPS) is 12.5. The van der Waals surface area contributed by atoms with E-state index < -0.39 is 11.9 Å². The fraction of sp³-hybridized carbons (Fsp3) is 0.318. The van der Waals surface area contributed by atoms with Crippen LogP contribution in [0.3, 0.4) is 0 Å². The largest absolute Gasteiger partial charge is 0.495 e. The Kier molecular flexibility index (Phi) is 7.77. The number of esters is 1. The Bertz CT molecular complexity index is 1010. The molecule has 32 heavy (non-hydrogen) atoms. The van der Waals surface area contributed by atoms with Crippen LogP contribution < -0.4 is 24.8 Å². The van der Waals surface area contributed by atoms with Crippen LogP contribution in [0.5, 0.6) is 17.2 Å². The zero-order valence-electron chi connectivity index (χ0n) is 17.6. The Balaban J connectivity index is 1.56. The van der Waals surface area contributed by atoms with Crippen molar-refractivity contribution in [2.24, 2.45) is 0 Å². The molecule has 0 atom stereocenters. The maximum atomic E-state index is 12.3. The SMILES string of the molecule is COc1ccc(Cl)cc1NC(=O)COc1ccc(C(=O)OCC(=O)NC2CC2)cc1OC. The molecule has 3 rings (SSSR count). The number of benzene rings is 2. The molecular weight excluding hydrogens is 440 g/mol. The van der Waals surface area contributed by atoms with E-state index in [0.717, 1.165) is 12.8 Å². The predicted molar refractivity (Wildman–Crippen MR) is 117 cm³/mol. The van der Waals surface area contributed by atoms with Gasteiger partial charge in [-0.05, 0) is 49.2 Å². The maximum Gasteiger partial charge on any atom is 0.338 e. The van der Waals surface area contributed by atoms with Crippen LogP contribution >= 0.6 is 11.6 Å². The van der Waals surface area contributed by atoms with E-state index in [1.165, 1.54) is 32.4 Å². The van der Waals surface area contributed by atoms with Crippen LogP contribution in [0.15, 0.2) is 36.4 Å². The Labute approximate surface area is 189 Å². The Hall–Kier alpha value is -3.46. The molecular formula is C22H23ClN2O7. The monoisotopic (exact) mass is 462 g/mol. The molecule has 1 saturated carbocycles. The van der Waals surface area contributed by atoms with Crippen LogP contribution in [0.1, 0.15) is 23.2 Å². The number of methoxy groups -OCH3 is 2. The van der Waals surface area contributed by atoms with E-state index in [-0.39, 0.29) is 42.2 Å². The summed E-state index contributed by atoms with van der Waals surface area (Å²) in [5, 5.41) is 5.83. The summed E-state index contributed by atoms with van der Waals surface area (Å²) in [5.41, 5.74) is 0.589. The smallest absolute Gasteiger partial charge is 0.338 e. The lowest BCUT2D eigenvalue weighted by atomic mass is 10.2. The lowest BCUT2D eigenvalue weighted by Crippen LogP contribution is -2.30. The number of rotatable bonds is 10. The van der Waals surface area contributed by atoms with Gasteiger partial charge in [0.25, 0.3) is 11.8 Å². The van der Waals surface area contributed by atoms with Gasteiger partial charge in [0.2, 0.25) is 0 Å². The highest BCUT2D eigenvalue weighted by molar-refractivity contribution is 6.31. The standard InChI is InChI=1S/C22H23ClN2O7/c1-29-17-8-4-14(23)10-16(17)25-21(27)11-31-18-7-3-13(9-19(18)30-2)22(28)32-12-20(26)24-15-5-6-15/h3-4,7-10,15H,5-6,11-12H2,1-2H3,(H,24,26)(H,25,27). The summed E-state index contributed by atoms with van der Waals surface area (Å²) in [6, 6.07) is 9.37. The van der Waals surface area contributed by atoms with E-state index in [1.54, 1.807) is 18.2 Å². The highest BCUT2D eigenvalue weighted by Gasteiger charge is 2.24. The number of nitrogens with one attached hydrogen (secondary N) is 2. The van der Waals surface area contributed by atoms with Gasteiger partial charge in [0.05, 0.1) is 25.5 Å². The summed E-state index contributed by atoms with van der Waals surface area (Å²) in [4.78, 5) is 36.1. The van der Waals surface area contributed by atoms with E-state index >= 15 is 0 Å². The summed E-state index contributed by atoms with van der Waals surface area (Å²) in [5.74, 6) is -0.521. The third-order valence-electron chi connectivity index (χ3n) is 4.47. The molecule has 2 N–H and O–H groups in total. The molecule has 1 fully saturated rings. The molecule has 10 heteroatoms. The lowest BCUT2D eigenvalue weighted by molar-refractivity contribution is -0.124. The van der Waals surface area contributed by atoms with E-state index in [1.807, 2.05) is 0 Å². The van der Waals surface area contributed by atoms with Gasteiger partial charge >= 0.3 is 5.97 Å². The first kappa shape index (κ1) is 23.2. The number of hydrogen-bond acceptors (Lipinski definition) is 7. The van der Waals surface area contributed by atoms with Crippen molar-refractivity contribution in [3.8, 4) is 17.2 Å². The van der Waals surface area contributed by atoms with Crippen LogP contribution in [0.25, 0.3) is 0 Å². The van der Waals surface area contributed by atoms with Gasteiger partial charge in [-0.1, -0.05) is 11.6 Å².